The summed E-state index contributed by atoms with van der Waals surface area (Å²) in [7, 11) is -2.31. The standard InChI is InChI=1S/C20H24N2O4S/c1-13-11-19(26-4)20(12-14(13)2)27(24,25)22(18-9-10-18)17-7-5-16(6-8-17)21-15(3)23/h5-8,11-12,18H,9-10H2,1-4H3,(H,21,23). The van der Waals surface area contributed by atoms with Crippen LogP contribution in [0.15, 0.2) is 41.3 Å². The Bertz CT molecular complexity index is 964. The lowest BCUT2D eigenvalue weighted by Crippen LogP contribution is -2.33. The summed E-state index contributed by atoms with van der Waals surface area (Å²) >= 11 is 0. The van der Waals surface area contributed by atoms with Crippen LogP contribution in [-0.4, -0.2) is 27.5 Å². The number of benzene rings is 2. The summed E-state index contributed by atoms with van der Waals surface area (Å²) in [6.07, 6.45) is 1.64. The molecule has 0 heterocycles. The smallest absolute Gasteiger partial charge is 0.268 e. The van der Waals surface area contributed by atoms with Crippen LogP contribution in [0.25, 0.3) is 0 Å². The number of anilines is 2. The Kier molecular flexibility index (Phi) is 5.15. The molecule has 1 amide bonds. The van der Waals surface area contributed by atoms with Gasteiger partial charge in [-0.1, -0.05) is 0 Å². The Morgan fingerprint density at radius 3 is 2.22 bits per heavy atom. The molecule has 0 spiro atoms. The number of nitrogens with zero attached hydrogens (tertiary/aromatic N) is 1. The largest absolute Gasteiger partial charge is 0.495 e. The van der Waals surface area contributed by atoms with Crippen LogP contribution in [-0.2, 0) is 14.8 Å². The van der Waals surface area contributed by atoms with Gasteiger partial charge in [-0.25, -0.2) is 8.42 Å². The van der Waals surface area contributed by atoms with Crippen molar-refractivity contribution in [3.8, 4) is 5.75 Å². The Balaban J connectivity index is 2.05. The van der Waals surface area contributed by atoms with Crippen LogP contribution in [0.1, 0.15) is 30.9 Å². The van der Waals surface area contributed by atoms with Crippen LogP contribution in [0, 0.1) is 13.8 Å². The van der Waals surface area contributed by atoms with Crippen molar-refractivity contribution in [1.29, 1.82) is 0 Å². The number of carbonyl (C=O) groups is 1. The van der Waals surface area contributed by atoms with Gasteiger partial charge >= 0.3 is 0 Å². The molecule has 0 aliphatic heterocycles. The molecule has 27 heavy (non-hydrogen) atoms. The molecule has 0 atom stereocenters. The van der Waals surface area contributed by atoms with Crippen molar-refractivity contribution in [2.24, 2.45) is 0 Å². The number of hydrogen-bond donors (Lipinski definition) is 1. The molecule has 1 saturated carbocycles. The second-order valence-corrected chi connectivity index (χ2v) is 8.63. The van der Waals surface area contributed by atoms with Gasteiger partial charge in [0.15, 0.2) is 0 Å². The zero-order valence-corrected chi connectivity index (χ0v) is 16.8. The number of nitrogens with one attached hydrogen (secondary N) is 1. The topological polar surface area (TPSA) is 75.7 Å². The Morgan fingerprint density at radius 1 is 1.11 bits per heavy atom. The fraction of sp³-hybridized carbons (Fsp3) is 0.350. The average molecular weight is 388 g/mol. The van der Waals surface area contributed by atoms with E-state index in [-0.39, 0.29) is 16.8 Å². The van der Waals surface area contributed by atoms with Crippen molar-refractivity contribution in [1.82, 2.24) is 0 Å². The molecule has 0 unspecified atom stereocenters. The van der Waals surface area contributed by atoms with Gasteiger partial charge in [0.05, 0.1) is 12.8 Å². The monoisotopic (exact) mass is 388 g/mol. The minimum Gasteiger partial charge on any atom is -0.495 e. The number of sulfonamides is 1. The van der Waals surface area contributed by atoms with E-state index < -0.39 is 10.0 Å². The van der Waals surface area contributed by atoms with Gasteiger partial charge in [-0.05, 0) is 74.2 Å². The van der Waals surface area contributed by atoms with Gasteiger partial charge in [-0.3, -0.25) is 9.10 Å². The number of hydrogen-bond acceptors (Lipinski definition) is 4. The molecule has 0 bridgehead atoms. The maximum Gasteiger partial charge on any atom is 0.268 e. The number of methoxy groups -OCH3 is 1. The van der Waals surface area contributed by atoms with Crippen molar-refractivity contribution in [2.75, 3.05) is 16.7 Å². The van der Waals surface area contributed by atoms with E-state index in [0.29, 0.717) is 17.1 Å². The summed E-state index contributed by atoms with van der Waals surface area (Å²) in [6.45, 7) is 5.24. The molecule has 1 fully saturated rings. The Hall–Kier alpha value is -2.54. The van der Waals surface area contributed by atoms with Crippen molar-refractivity contribution < 1.29 is 17.9 Å². The average Bonchev–Trinajstić information content (AvgIpc) is 3.42. The maximum absolute atomic E-state index is 13.5. The first-order chi connectivity index (χ1) is 12.7. The molecule has 1 aliphatic carbocycles. The minimum atomic E-state index is -3.79. The summed E-state index contributed by atoms with van der Waals surface area (Å²) in [6, 6.07) is 10.2. The molecule has 3 rings (SSSR count). The van der Waals surface area contributed by atoms with Gasteiger partial charge in [0.2, 0.25) is 5.91 Å². The van der Waals surface area contributed by atoms with Gasteiger partial charge in [-0.15, -0.1) is 0 Å². The summed E-state index contributed by atoms with van der Waals surface area (Å²) in [5.74, 6) is 0.174. The fourth-order valence-electron chi connectivity index (χ4n) is 2.98. The number of aryl methyl sites for hydroxylation is 2. The van der Waals surface area contributed by atoms with Crippen LogP contribution >= 0.6 is 0 Å². The zero-order chi connectivity index (χ0) is 19.8. The van der Waals surface area contributed by atoms with Crippen LogP contribution in [0.3, 0.4) is 0 Å². The fourth-order valence-corrected chi connectivity index (χ4v) is 4.92. The molecule has 1 N–H and O–H groups in total. The molecule has 2 aromatic rings. The Labute approximate surface area is 160 Å². The highest BCUT2D eigenvalue weighted by molar-refractivity contribution is 7.93. The first kappa shape index (κ1) is 19.2. The predicted molar refractivity (Wildman–Crippen MR) is 106 cm³/mol. The molecule has 0 aromatic heterocycles. The predicted octanol–water partition coefficient (Wildman–Crippen LogP) is 3.63. The second-order valence-electron chi connectivity index (χ2n) is 6.85. The third-order valence-electron chi connectivity index (χ3n) is 4.64. The van der Waals surface area contributed by atoms with Gasteiger partial charge in [0.25, 0.3) is 10.0 Å². The lowest BCUT2D eigenvalue weighted by atomic mass is 10.1. The highest BCUT2D eigenvalue weighted by Crippen LogP contribution is 2.39. The van der Waals surface area contributed by atoms with E-state index in [1.54, 1.807) is 36.4 Å². The van der Waals surface area contributed by atoms with E-state index in [1.807, 2.05) is 13.8 Å². The van der Waals surface area contributed by atoms with Crippen LogP contribution in [0.4, 0.5) is 11.4 Å². The second kappa shape index (κ2) is 7.23. The maximum atomic E-state index is 13.5. The van der Waals surface area contributed by atoms with Crippen LogP contribution in [0.5, 0.6) is 5.75 Å². The lowest BCUT2D eigenvalue weighted by molar-refractivity contribution is -0.114. The number of amides is 1. The molecular weight excluding hydrogens is 364 g/mol. The molecule has 144 valence electrons. The highest BCUT2D eigenvalue weighted by Gasteiger charge is 2.39. The quantitative estimate of drug-likeness (QED) is 0.820. The van der Waals surface area contributed by atoms with Crippen molar-refractivity contribution >= 4 is 27.3 Å². The van der Waals surface area contributed by atoms with E-state index in [2.05, 4.69) is 5.32 Å². The summed E-state index contributed by atoms with van der Waals surface area (Å²) in [5, 5.41) is 2.69. The van der Waals surface area contributed by atoms with Gasteiger partial charge < -0.3 is 10.1 Å². The summed E-state index contributed by atoms with van der Waals surface area (Å²) < 4.78 is 33.8. The first-order valence-corrected chi connectivity index (χ1v) is 10.3. The molecule has 0 radical (unpaired) electrons. The van der Waals surface area contributed by atoms with Gasteiger partial charge in [-0.2, -0.15) is 0 Å². The molecule has 1 aliphatic rings. The molecule has 7 heteroatoms. The summed E-state index contributed by atoms with van der Waals surface area (Å²) in [5.41, 5.74) is 3.07. The lowest BCUT2D eigenvalue weighted by Gasteiger charge is -2.26. The number of rotatable bonds is 6. The van der Waals surface area contributed by atoms with Gasteiger partial charge in [0.1, 0.15) is 10.6 Å². The summed E-state index contributed by atoms with van der Waals surface area (Å²) in [4.78, 5) is 11.4. The van der Waals surface area contributed by atoms with Crippen molar-refractivity contribution in [3.05, 3.63) is 47.5 Å². The van der Waals surface area contributed by atoms with E-state index in [4.69, 9.17) is 4.74 Å². The van der Waals surface area contributed by atoms with Crippen LogP contribution in [0.2, 0.25) is 0 Å². The highest BCUT2D eigenvalue weighted by atomic mass is 32.2. The zero-order valence-electron chi connectivity index (χ0n) is 15.9. The number of carbonyl (C=O) groups excluding carboxylic acids is 1. The van der Waals surface area contributed by atoms with E-state index in [1.165, 1.54) is 18.3 Å². The third-order valence-corrected chi connectivity index (χ3v) is 6.54. The molecular formula is C20H24N2O4S. The third kappa shape index (κ3) is 3.93. The number of ether oxygens (including phenoxy) is 1. The Morgan fingerprint density at radius 2 is 1.70 bits per heavy atom. The van der Waals surface area contributed by atoms with Crippen molar-refractivity contribution in [3.63, 3.8) is 0 Å². The molecule has 0 saturated heterocycles. The van der Waals surface area contributed by atoms with E-state index in [9.17, 15) is 13.2 Å². The minimum absolute atomic E-state index is 0.0621. The van der Waals surface area contributed by atoms with Crippen LogP contribution < -0.4 is 14.4 Å². The van der Waals surface area contributed by atoms with E-state index >= 15 is 0 Å². The normalized spacial score (nSPS) is 13.9. The van der Waals surface area contributed by atoms with Gasteiger partial charge in [0, 0.05) is 18.7 Å². The van der Waals surface area contributed by atoms with Crippen molar-refractivity contribution in [2.45, 2.75) is 44.6 Å². The first-order valence-electron chi connectivity index (χ1n) is 8.81. The van der Waals surface area contributed by atoms with E-state index in [0.717, 1.165) is 24.0 Å². The SMILES string of the molecule is COc1cc(C)c(C)cc1S(=O)(=O)N(c1ccc(NC(C)=O)cc1)C1CC1. The molecule has 2 aromatic carbocycles. The molecule has 6 nitrogen and oxygen atoms in total.